The van der Waals surface area contributed by atoms with Gasteiger partial charge in [-0.05, 0) is 50.0 Å². The summed E-state index contributed by atoms with van der Waals surface area (Å²) in [6.45, 7) is 9.49. The second kappa shape index (κ2) is 8.28. The lowest BCUT2D eigenvalue weighted by Crippen LogP contribution is -2.22. The molecule has 1 aromatic rings. The minimum absolute atomic E-state index is 0.557. The molecule has 1 aromatic carbocycles. The maximum atomic E-state index is 5.52. The molecule has 1 fully saturated rings. The van der Waals surface area contributed by atoms with E-state index < -0.39 is 0 Å². The van der Waals surface area contributed by atoms with E-state index in [9.17, 15) is 0 Å². The summed E-state index contributed by atoms with van der Waals surface area (Å²) in [6.07, 6.45) is 3.48. The van der Waals surface area contributed by atoms with Crippen LogP contribution in [0.4, 0.5) is 5.69 Å². The zero-order valence-corrected chi connectivity index (χ0v) is 12.9. The van der Waals surface area contributed by atoms with Gasteiger partial charge in [-0.3, -0.25) is 4.90 Å². The summed E-state index contributed by atoms with van der Waals surface area (Å²) in [5.74, 6) is 0. The molecule has 1 unspecified atom stereocenters. The first kappa shape index (κ1) is 15.3. The molecule has 0 saturated carbocycles. The molecule has 1 N–H and O–H groups in total. The van der Waals surface area contributed by atoms with E-state index in [1.165, 1.54) is 17.7 Å². The Morgan fingerprint density at radius 1 is 1.20 bits per heavy atom. The Labute approximate surface area is 123 Å². The highest BCUT2D eigenvalue weighted by atomic mass is 16.5. The summed E-state index contributed by atoms with van der Waals surface area (Å²) in [5.41, 5.74) is 2.64. The number of benzene rings is 1. The lowest BCUT2D eigenvalue weighted by Gasteiger charge is -2.20. The van der Waals surface area contributed by atoms with E-state index >= 15 is 0 Å². The normalized spacial score (nSPS) is 19.9. The Kier molecular flexibility index (Phi) is 6.34. The van der Waals surface area contributed by atoms with Gasteiger partial charge in [-0.1, -0.05) is 26.0 Å². The van der Waals surface area contributed by atoms with Crippen LogP contribution in [0.25, 0.3) is 0 Å². The second-order valence-electron chi connectivity index (χ2n) is 5.55. The van der Waals surface area contributed by atoms with Crippen LogP contribution in [0.1, 0.15) is 38.7 Å². The van der Waals surface area contributed by atoms with E-state index in [1.807, 2.05) is 0 Å². The molecular formula is C17H28N2O. The van der Waals surface area contributed by atoms with Gasteiger partial charge in [-0.15, -0.1) is 0 Å². The van der Waals surface area contributed by atoms with Gasteiger partial charge in [-0.2, -0.15) is 0 Å². The molecule has 0 amide bonds. The largest absolute Gasteiger partial charge is 0.382 e. The summed E-state index contributed by atoms with van der Waals surface area (Å²) >= 11 is 0. The van der Waals surface area contributed by atoms with Crippen LogP contribution in [0, 0.1) is 0 Å². The highest BCUT2D eigenvalue weighted by molar-refractivity contribution is 5.46. The minimum atomic E-state index is 0.557. The summed E-state index contributed by atoms with van der Waals surface area (Å²) in [4.78, 5) is 2.44. The lowest BCUT2D eigenvalue weighted by atomic mass is 10.1. The molecular weight excluding hydrogens is 248 g/mol. The number of nitrogens with zero attached hydrogens (tertiary/aromatic N) is 1. The number of hydrogen-bond acceptors (Lipinski definition) is 3. The summed E-state index contributed by atoms with van der Waals surface area (Å²) < 4.78 is 5.52. The monoisotopic (exact) mass is 276 g/mol. The van der Waals surface area contributed by atoms with E-state index in [0.29, 0.717) is 6.04 Å². The SMILES string of the molecule is CCN(CC)Cc1cccc(NC2CCCOCC2)c1. The van der Waals surface area contributed by atoms with Crippen molar-refractivity contribution in [1.29, 1.82) is 0 Å². The van der Waals surface area contributed by atoms with Crippen LogP contribution in [0.5, 0.6) is 0 Å². The Balaban J connectivity index is 1.94. The predicted octanol–water partition coefficient (Wildman–Crippen LogP) is 3.51. The quantitative estimate of drug-likeness (QED) is 0.860. The van der Waals surface area contributed by atoms with Crippen molar-refractivity contribution < 1.29 is 4.74 Å². The fourth-order valence-corrected chi connectivity index (χ4v) is 2.75. The van der Waals surface area contributed by atoms with Gasteiger partial charge in [0.05, 0.1) is 0 Å². The van der Waals surface area contributed by atoms with E-state index in [-0.39, 0.29) is 0 Å². The third kappa shape index (κ3) is 4.80. The molecule has 1 saturated heterocycles. The number of ether oxygens (including phenoxy) is 1. The molecule has 3 heteroatoms. The van der Waals surface area contributed by atoms with Crippen LogP contribution in [0.3, 0.4) is 0 Å². The van der Waals surface area contributed by atoms with E-state index in [4.69, 9.17) is 4.74 Å². The summed E-state index contributed by atoms with van der Waals surface area (Å²) in [6, 6.07) is 9.41. The Morgan fingerprint density at radius 3 is 2.85 bits per heavy atom. The van der Waals surface area contributed by atoms with Gasteiger partial charge in [-0.25, -0.2) is 0 Å². The third-order valence-corrected chi connectivity index (χ3v) is 4.05. The van der Waals surface area contributed by atoms with Gasteiger partial charge in [0, 0.05) is 31.5 Å². The van der Waals surface area contributed by atoms with E-state index in [1.54, 1.807) is 0 Å². The van der Waals surface area contributed by atoms with Crippen molar-refractivity contribution in [3.05, 3.63) is 29.8 Å². The number of anilines is 1. The molecule has 0 bridgehead atoms. The van der Waals surface area contributed by atoms with Gasteiger partial charge in [0.15, 0.2) is 0 Å². The maximum absolute atomic E-state index is 5.52. The Hall–Kier alpha value is -1.06. The average Bonchev–Trinajstić information content (AvgIpc) is 2.74. The van der Waals surface area contributed by atoms with Crippen LogP contribution < -0.4 is 5.32 Å². The fraction of sp³-hybridized carbons (Fsp3) is 0.647. The molecule has 0 radical (unpaired) electrons. The van der Waals surface area contributed by atoms with Crippen LogP contribution in [-0.2, 0) is 11.3 Å². The summed E-state index contributed by atoms with van der Waals surface area (Å²) in [7, 11) is 0. The minimum Gasteiger partial charge on any atom is -0.382 e. The molecule has 1 atom stereocenters. The van der Waals surface area contributed by atoms with Gasteiger partial charge in [0.2, 0.25) is 0 Å². The van der Waals surface area contributed by atoms with Gasteiger partial charge < -0.3 is 10.1 Å². The lowest BCUT2D eigenvalue weighted by molar-refractivity contribution is 0.144. The van der Waals surface area contributed by atoms with Gasteiger partial charge in [0.25, 0.3) is 0 Å². The highest BCUT2D eigenvalue weighted by Gasteiger charge is 2.12. The molecule has 20 heavy (non-hydrogen) atoms. The first-order chi connectivity index (χ1) is 9.81. The van der Waals surface area contributed by atoms with Crippen molar-refractivity contribution in [1.82, 2.24) is 4.90 Å². The average molecular weight is 276 g/mol. The van der Waals surface area contributed by atoms with Crippen molar-refractivity contribution in [3.63, 3.8) is 0 Å². The molecule has 0 aliphatic carbocycles. The molecule has 112 valence electrons. The first-order valence-electron chi connectivity index (χ1n) is 7.97. The van der Waals surface area contributed by atoms with Crippen molar-refractivity contribution in [2.24, 2.45) is 0 Å². The molecule has 1 heterocycles. The highest BCUT2D eigenvalue weighted by Crippen LogP contribution is 2.18. The van der Waals surface area contributed by atoms with Crippen molar-refractivity contribution in [2.75, 3.05) is 31.6 Å². The number of rotatable bonds is 6. The molecule has 3 nitrogen and oxygen atoms in total. The summed E-state index contributed by atoms with van der Waals surface area (Å²) in [5, 5.41) is 3.67. The number of nitrogens with one attached hydrogen (secondary N) is 1. The van der Waals surface area contributed by atoms with Crippen molar-refractivity contribution in [3.8, 4) is 0 Å². The maximum Gasteiger partial charge on any atom is 0.0485 e. The standard InChI is InChI=1S/C17H28N2O/c1-3-19(4-2)14-15-7-5-8-17(13-15)18-16-9-6-11-20-12-10-16/h5,7-8,13,16,18H,3-4,6,9-12,14H2,1-2H3. The van der Waals surface area contributed by atoms with Crippen molar-refractivity contribution >= 4 is 5.69 Å². The van der Waals surface area contributed by atoms with Crippen LogP contribution >= 0.6 is 0 Å². The first-order valence-corrected chi connectivity index (χ1v) is 7.97. The zero-order valence-electron chi connectivity index (χ0n) is 12.9. The third-order valence-electron chi connectivity index (χ3n) is 4.05. The molecule has 0 spiro atoms. The van der Waals surface area contributed by atoms with Crippen molar-refractivity contribution in [2.45, 2.75) is 45.7 Å². The van der Waals surface area contributed by atoms with E-state index in [2.05, 4.69) is 48.3 Å². The van der Waals surface area contributed by atoms with Crippen LogP contribution in [0.2, 0.25) is 0 Å². The molecule has 0 aromatic heterocycles. The molecule has 2 rings (SSSR count). The fourth-order valence-electron chi connectivity index (χ4n) is 2.75. The van der Waals surface area contributed by atoms with Gasteiger partial charge in [0.1, 0.15) is 0 Å². The van der Waals surface area contributed by atoms with Gasteiger partial charge >= 0.3 is 0 Å². The van der Waals surface area contributed by atoms with E-state index in [0.717, 1.165) is 45.7 Å². The topological polar surface area (TPSA) is 24.5 Å². The molecule has 1 aliphatic heterocycles. The Morgan fingerprint density at radius 2 is 2.05 bits per heavy atom. The zero-order chi connectivity index (χ0) is 14.2. The Bertz CT molecular complexity index is 382. The number of hydrogen-bond donors (Lipinski definition) is 1. The second-order valence-corrected chi connectivity index (χ2v) is 5.55. The molecule has 1 aliphatic rings. The van der Waals surface area contributed by atoms with Crippen LogP contribution in [-0.4, -0.2) is 37.2 Å². The predicted molar refractivity (Wildman–Crippen MR) is 85.1 cm³/mol. The smallest absolute Gasteiger partial charge is 0.0485 e. The van der Waals surface area contributed by atoms with Crippen LogP contribution in [0.15, 0.2) is 24.3 Å².